The van der Waals surface area contributed by atoms with Gasteiger partial charge in [-0.05, 0) is 17.7 Å². The third-order valence-corrected chi connectivity index (χ3v) is 3.61. The summed E-state index contributed by atoms with van der Waals surface area (Å²) in [5, 5.41) is 9.98. The monoisotopic (exact) mass is 237 g/mol. The van der Waals surface area contributed by atoms with Crippen LogP contribution in [0.5, 0.6) is 0 Å². The number of rotatable bonds is 3. The van der Waals surface area contributed by atoms with E-state index in [0.29, 0.717) is 0 Å². The third-order valence-electron chi connectivity index (χ3n) is 2.41. The number of aliphatic hydroxyl groups is 1. The lowest BCUT2D eigenvalue weighted by Gasteiger charge is -2.07. The Hall–Kier alpha value is -1.17. The highest BCUT2D eigenvalue weighted by molar-refractivity contribution is 7.22. The van der Waals surface area contributed by atoms with Gasteiger partial charge >= 0.3 is 0 Å². The van der Waals surface area contributed by atoms with E-state index in [9.17, 15) is 0 Å². The van der Waals surface area contributed by atoms with Gasteiger partial charge in [-0.25, -0.2) is 4.98 Å². The maximum absolute atomic E-state index is 9.00. The van der Waals surface area contributed by atoms with Gasteiger partial charge in [-0.1, -0.05) is 17.4 Å². The molecule has 0 saturated carbocycles. The van der Waals surface area contributed by atoms with E-state index in [1.807, 2.05) is 37.2 Å². The molecule has 1 aromatic heterocycles. The predicted octanol–water partition coefficient (Wildman–Crippen LogP) is 1.35. The summed E-state index contributed by atoms with van der Waals surface area (Å²) in [4.78, 5) is 6.48. The van der Waals surface area contributed by atoms with E-state index in [2.05, 4.69) is 4.98 Å². The first-order chi connectivity index (χ1) is 7.61. The van der Waals surface area contributed by atoms with Crippen LogP contribution in [-0.2, 0) is 0 Å². The Bertz CT molecular complexity index is 495. The number of anilines is 1. The largest absolute Gasteiger partial charge is 0.394 e. The van der Waals surface area contributed by atoms with Gasteiger partial charge in [0.2, 0.25) is 0 Å². The van der Waals surface area contributed by atoms with Gasteiger partial charge < -0.3 is 15.7 Å². The molecule has 2 aromatic rings. The van der Waals surface area contributed by atoms with Crippen molar-refractivity contribution in [1.29, 1.82) is 0 Å². The van der Waals surface area contributed by atoms with E-state index in [1.165, 1.54) is 0 Å². The molecule has 0 radical (unpaired) electrons. The second-order valence-electron chi connectivity index (χ2n) is 3.91. The lowest BCUT2D eigenvalue weighted by molar-refractivity contribution is 0.268. The summed E-state index contributed by atoms with van der Waals surface area (Å²) in [7, 11) is 3.94. The van der Waals surface area contributed by atoms with Crippen molar-refractivity contribution in [3.63, 3.8) is 0 Å². The summed E-state index contributed by atoms with van der Waals surface area (Å²) < 4.78 is 1.14. The van der Waals surface area contributed by atoms with Crippen LogP contribution in [0.4, 0.5) is 5.13 Å². The first-order valence-electron chi connectivity index (χ1n) is 5.06. The molecule has 1 heterocycles. The number of aliphatic hydroxyl groups excluding tert-OH is 1. The molecule has 1 aromatic carbocycles. The molecular formula is C11H15N3OS. The van der Waals surface area contributed by atoms with Crippen molar-refractivity contribution < 1.29 is 5.11 Å². The van der Waals surface area contributed by atoms with Gasteiger partial charge in [-0.15, -0.1) is 0 Å². The van der Waals surface area contributed by atoms with Crippen molar-refractivity contribution in [2.24, 2.45) is 5.73 Å². The topological polar surface area (TPSA) is 62.4 Å². The smallest absolute Gasteiger partial charge is 0.185 e. The van der Waals surface area contributed by atoms with Crippen molar-refractivity contribution >= 4 is 26.7 Å². The number of fused-ring (bicyclic) bond motifs is 1. The molecule has 0 aliphatic rings. The molecule has 0 bridgehead atoms. The first-order valence-corrected chi connectivity index (χ1v) is 5.87. The van der Waals surface area contributed by atoms with Crippen molar-refractivity contribution in [3.05, 3.63) is 23.8 Å². The van der Waals surface area contributed by atoms with Gasteiger partial charge in [-0.2, -0.15) is 0 Å². The van der Waals surface area contributed by atoms with Crippen LogP contribution in [0.25, 0.3) is 10.2 Å². The number of thiazole rings is 1. The number of aromatic nitrogens is 1. The van der Waals surface area contributed by atoms with Crippen LogP contribution in [-0.4, -0.2) is 30.8 Å². The Labute approximate surface area is 98.3 Å². The van der Waals surface area contributed by atoms with Crippen LogP contribution in [0.3, 0.4) is 0 Å². The molecule has 1 unspecified atom stereocenters. The van der Waals surface area contributed by atoms with Gasteiger partial charge in [0.15, 0.2) is 5.13 Å². The first kappa shape index (κ1) is 11.3. The van der Waals surface area contributed by atoms with Gasteiger partial charge in [0, 0.05) is 14.1 Å². The molecule has 0 saturated heterocycles. The molecule has 0 aliphatic heterocycles. The van der Waals surface area contributed by atoms with Gasteiger partial charge in [-0.3, -0.25) is 0 Å². The molecule has 2 rings (SSSR count). The second-order valence-corrected chi connectivity index (χ2v) is 4.92. The zero-order valence-corrected chi connectivity index (χ0v) is 10.2. The fourth-order valence-electron chi connectivity index (χ4n) is 1.46. The van der Waals surface area contributed by atoms with E-state index < -0.39 is 0 Å². The highest BCUT2D eigenvalue weighted by atomic mass is 32.1. The molecule has 5 heteroatoms. The van der Waals surface area contributed by atoms with E-state index in [1.54, 1.807) is 11.3 Å². The van der Waals surface area contributed by atoms with Crippen LogP contribution in [0.1, 0.15) is 11.6 Å². The number of hydrogen-bond acceptors (Lipinski definition) is 5. The Morgan fingerprint density at radius 3 is 2.88 bits per heavy atom. The molecule has 0 aliphatic carbocycles. The van der Waals surface area contributed by atoms with E-state index in [-0.39, 0.29) is 12.6 Å². The van der Waals surface area contributed by atoms with Crippen molar-refractivity contribution in [1.82, 2.24) is 4.98 Å². The van der Waals surface area contributed by atoms with Crippen molar-refractivity contribution in [3.8, 4) is 0 Å². The van der Waals surface area contributed by atoms with E-state index in [0.717, 1.165) is 20.9 Å². The van der Waals surface area contributed by atoms with Crippen LogP contribution in [0.2, 0.25) is 0 Å². The average molecular weight is 237 g/mol. The summed E-state index contributed by atoms with van der Waals surface area (Å²) in [6.07, 6.45) is 0. The molecule has 3 N–H and O–H groups in total. The second kappa shape index (κ2) is 4.37. The van der Waals surface area contributed by atoms with Crippen molar-refractivity contribution in [2.75, 3.05) is 25.6 Å². The Kier molecular flexibility index (Phi) is 3.09. The lowest BCUT2D eigenvalue weighted by Crippen LogP contribution is -2.14. The standard InChI is InChI=1S/C11H15N3OS/c1-14(2)11-13-9-5-7(8(12)6-15)3-4-10(9)16-11/h3-5,8,15H,6,12H2,1-2H3. The van der Waals surface area contributed by atoms with Crippen LogP contribution in [0.15, 0.2) is 18.2 Å². The number of benzene rings is 1. The minimum absolute atomic E-state index is 0.0455. The summed E-state index contributed by atoms with van der Waals surface area (Å²) in [5.41, 5.74) is 7.63. The van der Waals surface area contributed by atoms with Crippen LogP contribution < -0.4 is 10.6 Å². The minimum Gasteiger partial charge on any atom is -0.394 e. The lowest BCUT2D eigenvalue weighted by atomic mass is 10.1. The van der Waals surface area contributed by atoms with E-state index in [4.69, 9.17) is 10.8 Å². The predicted molar refractivity (Wildman–Crippen MR) is 68.0 cm³/mol. The summed E-state index contributed by atoms with van der Waals surface area (Å²) in [6, 6.07) is 5.57. The average Bonchev–Trinajstić information content (AvgIpc) is 2.70. The fraction of sp³-hybridized carbons (Fsp3) is 0.364. The minimum atomic E-state index is -0.325. The van der Waals surface area contributed by atoms with Crippen LogP contribution >= 0.6 is 11.3 Å². The maximum Gasteiger partial charge on any atom is 0.185 e. The molecule has 0 fully saturated rings. The van der Waals surface area contributed by atoms with Gasteiger partial charge in [0.1, 0.15) is 0 Å². The Morgan fingerprint density at radius 1 is 1.50 bits per heavy atom. The van der Waals surface area contributed by atoms with Gasteiger partial charge in [0.25, 0.3) is 0 Å². The summed E-state index contributed by atoms with van der Waals surface area (Å²) in [5.74, 6) is 0. The summed E-state index contributed by atoms with van der Waals surface area (Å²) >= 11 is 1.64. The molecule has 86 valence electrons. The molecule has 1 atom stereocenters. The zero-order chi connectivity index (χ0) is 11.7. The normalized spacial score (nSPS) is 13.0. The quantitative estimate of drug-likeness (QED) is 0.846. The molecule has 0 spiro atoms. The summed E-state index contributed by atoms with van der Waals surface area (Å²) in [6.45, 7) is -0.0455. The fourth-order valence-corrected chi connectivity index (χ4v) is 2.33. The van der Waals surface area contributed by atoms with Crippen LogP contribution in [0, 0.1) is 0 Å². The number of hydrogen-bond donors (Lipinski definition) is 2. The highest BCUT2D eigenvalue weighted by Gasteiger charge is 2.09. The molecule has 4 nitrogen and oxygen atoms in total. The number of nitrogens with two attached hydrogens (primary N) is 1. The third kappa shape index (κ3) is 2.02. The highest BCUT2D eigenvalue weighted by Crippen LogP contribution is 2.29. The molecule has 0 amide bonds. The maximum atomic E-state index is 9.00. The van der Waals surface area contributed by atoms with Crippen molar-refractivity contribution in [2.45, 2.75) is 6.04 Å². The molecular weight excluding hydrogens is 222 g/mol. The number of nitrogens with zero attached hydrogens (tertiary/aromatic N) is 2. The molecule has 16 heavy (non-hydrogen) atoms. The Morgan fingerprint density at radius 2 is 2.25 bits per heavy atom. The van der Waals surface area contributed by atoms with E-state index >= 15 is 0 Å². The Balaban J connectivity index is 2.45. The van der Waals surface area contributed by atoms with Gasteiger partial charge in [0.05, 0.1) is 22.9 Å². The zero-order valence-electron chi connectivity index (χ0n) is 9.34. The SMILES string of the molecule is CN(C)c1nc2cc(C(N)CO)ccc2s1.